The number of benzene rings is 2. The number of hydrogen-bond donors (Lipinski definition) is 1. The summed E-state index contributed by atoms with van der Waals surface area (Å²) in [5.74, 6) is 0.418. The number of rotatable bonds is 6. The maximum Gasteiger partial charge on any atom is 0.253 e. The van der Waals surface area contributed by atoms with Crippen LogP contribution in [0.1, 0.15) is 43.1 Å². The van der Waals surface area contributed by atoms with Crippen molar-refractivity contribution in [3.05, 3.63) is 78.0 Å². The topological polar surface area (TPSA) is 42.0 Å². The zero-order valence-electron chi connectivity index (χ0n) is 15.7. The molecule has 0 aliphatic heterocycles. The number of para-hydroxylation sites is 1. The van der Waals surface area contributed by atoms with Gasteiger partial charge in [-0.3, -0.25) is 9.78 Å². The third kappa shape index (κ3) is 4.48. The van der Waals surface area contributed by atoms with Crippen LogP contribution >= 0.6 is 0 Å². The molecule has 0 aliphatic carbocycles. The highest BCUT2D eigenvalue weighted by Crippen LogP contribution is 2.23. The molecule has 2 aromatic carbocycles. The fourth-order valence-electron chi connectivity index (χ4n) is 3.66. The van der Waals surface area contributed by atoms with Gasteiger partial charge in [-0.1, -0.05) is 62.4 Å². The largest absolute Gasteiger partial charge is 0.346 e. The average Bonchev–Trinajstić information content (AvgIpc) is 2.61. The van der Waals surface area contributed by atoms with Crippen molar-refractivity contribution in [1.29, 1.82) is 0 Å². The van der Waals surface area contributed by atoms with E-state index in [1.165, 1.54) is 5.56 Å². The number of nitrogens with one attached hydrogen (secondary N) is 1. The van der Waals surface area contributed by atoms with E-state index in [0.29, 0.717) is 11.5 Å². The zero-order chi connectivity index (χ0) is 18.6. The number of carbonyl (C=O) groups excluding carboxylic acids is 1. The van der Waals surface area contributed by atoms with Crippen LogP contribution in [0.3, 0.4) is 0 Å². The first kappa shape index (κ1) is 18.1. The number of aromatic nitrogens is 1. The van der Waals surface area contributed by atoms with Crippen LogP contribution in [0, 0.1) is 5.92 Å². The summed E-state index contributed by atoms with van der Waals surface area (Å²) in [6.07, 6.45) is 3.38. The molecule has 0 radical (unpaired) electrons. The monoisotopic (exact) mass is 346 g/mol. The van der Waals surface area contributed by atoms with E-state index in [1.807, 2.05) is 48.5 Å². The van der Waals surface area contributed by atoms with Crippen molar-refractivity contribution in [3.8, 4) is 0 Å². The summed E-state index contributed by atoms with van der Waals surface area (Å²) in [4.78, 5) is 17.3. The van der Waals surface area contributed by atoms with Crippen molar-refractivity contribution in [2.24, 2.45) is 5.92 Å². The minimum Gasteiger partial charge on any atom is -0.346 e. The van der Waals surface area contributed by atoms with Crippen molar-refractivity contribution in [1.82, 2.24) is 10.3 Å². The molecule has 3 aromatic rings. The Kier molecular flexibility index (Phi) is 5.36. The van der Waals surface area contributed by atoms with Crippen molar-refractivity contribution in [3.63, 3.8) is 0 Å². The lowest BCUT2D eigenvalue weighted by molar-refractivity contribution is 0.0894. The Morgan fingerprint density at radius 1 is 1.08 bits per heavy atom. The van der Waals surface area contributed by atoms with E-state index in [1.54, 1.807) is 6.20 Å². The van der Waals surface area contributed by atoms with Gasteiger partial charge in [-0.15, -0.1) is 0 Å². The van der Waals surface area contributed by atoms with E-state index in [0.717, 1.165) is 23.7 Å². The van der Waals surface area contributed by atoms with Gasteiger partial charge in [0.25, 0.3) is 5.91 Å². The Morgan fingerprint density at radius 2 is 1.77 bits per heavy atom. The Morgan fingerprint density at radius 3 is 2.50 bits per heavy atom. The first-order valence-electron chi connectivity index (χ1n) is 9.16. The molecule has 0 saturated heterocycles. The van der Waals surface area contributed by atoms with Gasteiger partial charge in [-0.25, -0.2) is 0 Å². The maximum absolute atomic E-state index is 12.9. The van der Waals surface area contributed by atoms with Crippen LogP contribution in [0.4, 0.5) is 0 Å². The van der Waals surface area contributed by atoms with Gasteiger partial charge in [0.15, 0.2) is 0 Å². The molecule has 1 amide bonds. The van der Waals surface area contributed by atoms with Crippen LogP contribution in [-0.4, -0.2) is 16.4 Å². The van der Waals surface area contributed by atoms with Crippen molar-refractivity contribution >= 4 is 16.8 Å². The summed E-state index contributed by atoms with van der Waals surface area (Å²) in [5.41, 5.74) is 2.43. The molecule has 1 unspecified atom stereocenters. The highest BCUT2D eigenvalue weighted by atomic mass is 16.1. The Balaban J connectivity index is 1.83. The van der Waals surface area contributed by atoms with E-state index >= 15 is 0 Å². The number of carbonyl (C=O) groups is 1. The smallest absolute Gasteiger partial charge is 0.253 e. The number of pyridine rings is 1. The quantitative estimate of drug-likeness (QED) is 0.681. The van der Waals surface area contributed by atoms with E-state index in [-0.39, 0.29) is 11.4 Å². The molecular formula is C23H26N2O. The Hall–Kier alpha value is -2.68. The third-order valence-electron chi connectivity index (χ3n) is 4.56. The second kappa shape index (κ2) is 7.69. The molecule has 0 saturated carbocycles. The Bertz CT molecular complexity index is 889. The van der Waals surface area contributed by atoms with Gasteiger partial charge >= 0.3 is 0 Å². The van der Waals surface area contributed by atoms with Crippen molar-refractivity contribution in [2.45, 2.75) is 39.2 Å². The van der Waals surface area contributed by atoms with Crippen molar-refractivity contribution < 1.29 is 4.79 Å². The molecule has 1 aromatic heterocycles. The minimum atomic E-state index is -0.307. The average molecular weight is 346 g/mol. The normalized spacial score (nSPS) is 13.5. The van der Waals surface area contributed by atoms with Gasteiger partial charge in [0.05, 0.1) is 11.1 Å². The van der Waals surface area contributed by atoms with Crippen LogP contribution in [0.2, 0.25) is 0 Å². The first-order chi connectivity index (χ1) is 12.5. The second-order valence-electron chi connectivity index (χ2n) is 7.69. The lowest BCUT2D eigenvalue weighted by Gasteiger charge is -2.33. The molecule has 0 aliphatic rings. The van der Waals surface area contributed by atoms with E-state index in [2.05, 4.69) is 43.2 Å². The maximum atomic E-state index is 12.9. The number of fused-ring (bicyclic) bond motifs is 1. The van der Waals surface area contributed by atoms with Crippen LogP contribution in [0.15, 0.2) is 66.9 Å². The summed E-state index contributed by atoms with van der Waals surface area (Å²) in [5, 5.41) is 4.26. The molecule has 3 nitrogen and oxygen atoms in total. The summed E-state index contributed by atoms with van der Waals surface area (Å²) in [6, 6.07) is 20.1. The third-order valence-corrected chi connectivity index (χ3v) is 4.56. The molecule has 0 bridgehead atoms. The van der Waals surface area contributed by atoms with Gasteiger partial charge in [0, 0.05) is 17.1 Å². The first-order valence-corrected chi connectivity index (χ1v) is 9.16. The minimum absolute atomic E-state index is 0.0673. The SMILES string of the molecule is CC(C)CC(C)(Cc1ccccc1)NC(=O)c1cnc2ccccc2c1. The van der Waals surface area contributed by atoms with Gasteiger partial charge in [0.1, 0.15) is 0 Å². The molecule has 3 rings (SSSR count). The summed E-state index contributed by atoms with van der Waals surface area (Å²) < 4.78 is 0. The second-order valence-corrected chi connectivity index (χ2v) is 7.69. The van der Waals surface area contributed by atoms with E-state index in [9.17, 15) is 4.79 Å². The fraction of sp³-hybridized carbons (Fsp3) is 0.304. The molecule has 0 fully saturated rings. The predicted octanol–water partition coefficient (Wildman–Crippen LogP) is 5.01. The standard InChI is InChI=1S/C23H26N2O/c1-17(2)14-23(3,15-18-9-5-4-6-10-18)25-22(26)20-13-19-11-7-8-12-21(19)24-16-20/h4-13,16-17H,14-15H2,1-3H3,(H,25,26). The van der Waals surface area contributed by atoms with E-state index in [4.69, 9.17) is 0 Å². The van der Waals surface area contributed by atoms with Crippen LogP contribution in [-0.2, 0) is 6.42 Å². The summed E-state index contributed by atoms with van der Waals surface area (Å²) >= 11 is 0. The zero-order valence-corrected chi connectivity index (χ0v) is 15.7. The fourth-order valence-corrected chi connectivity index (χ4v) is 3.66. The lowest BCUT2D eigenvalue weighted by Crippen LogP contribution is -2.48. The van der Waals surface area contributed by atoms with Gasteiger partial charge < -0.3 is 5.32 Å². The molecule has 1 atom stereocenters. The number of hydrogen-bond acceptors (Lipinski definition) is 2. The highest BCUT2D eigenvalue weighted by Gasteiger charge is 2.28. The van der Waals surface area contributed by atoms with Crippen LogP contribution in [0.5, 0.6) is 0 Å². The van der Waals surface area contributed by atoms with Crippen LogP contribution in [0.25, 0.3) is 10.9 Å². The molecule has 3 heteroatoms. The summed E-state index contributed by atoms with van der Waals surface area (Å²) in [6.45, 7) is 6.51. The highest BCUT2D eigenvalue weighted by molar-refractivity contribution is 5.97. The molecule has 134 valence electrons. The molecule has 26 heavy (non-hydrogen) atoms. The van der Waals surface area contributed by atoms with Gasteiger partial charge in [0.2, 0.25) is 0 Å². The summed E-state index contributed by atoms with van der Waals surface area (Å²) in [7, 11) is 0. The number of nitrogens with zero attached hydrogens (tertiary/aromatic N) is 1. The van der Waals surface area contributed by atoms with Gasteiger partial charge in [-0.2, -0.15) is 0 Å². The van der Waals surface area contributed by atoms with Gasteiger partial charge in [-0.05, 0) is 43.4 Å². The molecular weight excluding hydrogens is 320 g/mol. The number of amides is 1. The van der Waals surface area contributed by atoms with E-state index < -0.39 is 0 Å². The van der Waals surface area contributed by atoms with Crippen LogP contribution < -0.4 is 5.32 Å². The Labute approximate surface area is 155 Å². The predicted molar refractivity (Wildman–Crippen MR) is 107 cm³/mol. The molecule has 1 heterocycles. The lowest BCUT2D eigenvalue weighted by atomic mass is 9.84. The van der Waals surface area contributed by atoms with Crippen molar-refractivity contribution in [2.75, 3.05) is 0 Å². The molecule has 1 N–H and O–H groups in total. The molecule has 0 spiro atoms.